The number of esters is 2. The lowest BCUT2D eigenvalue weighted by atomic mass is 9.85. The van der Waals surface area contributed by atoms with Crippen LogP contribution in [0, 0.1) is 0 Å². The highest BCUT2D eigenvalue weighted by Crippen LogP contribution is 2.66. The second-order valence-corrected chi connectivity index (χ2v) is 11.7. The van der Waals surface area contributed by atoms with Crippen molar-refractivity contribution in [1.29, 1.82) is 0 Å². The highest BCUT2D eigenvalue weighted by Gasteiger charge is 2.52. The summed E-state index contributed by atoms with van der Waals surface area (Å²) in [6.07, 6.45) is 1.97. The maximum absolute atomic E-state index is 12.9. The number of benzene rings is 1. The van der Waals surface area contributed by atoms with Gasteiger partial charge in [0.25, 0.3) is 0 Å². The van der Waals surface area contributed by atoms with Crippen LogP contribution in [0.1, 0.15) is 40.2 Å². The number of likely N-dealkylation sites (N-methyl/N-ethyl adjacent to an activating group) is 1. The fraction of sp³-hybridized carbons (Fsp3) is 0.417. The van der Waals surface area contributed by atoms with Crippen LogP contribution in [-0.2, 0) is 19.1 Å². The molecule has 32 heavy (non-hydrogen) atoms. The molecule has 3 aliphatic rings. The molecule has 0 radical (unpaired) electrons. The molecule has 0 bridgehead atoms. The zero-order valence-corrected chi connectivity index (χ0v) is 21.3. The van der Waals surface area contributed by atoms with Crippen molar-refractivity contribution in [2.75, 3.05) is 24.7 Å². The van der Waals surface area contributed by atoms with Crippen molar-refractivity contribution in [2.45, 2.75) is 44.2 Å². The van der Waals surface area contributed by atoms with Gasteiger partial charge in [-0.25, -0.2) is 9.59 Å². The summed E-state index contributed by atoms with van der Waals surface area (Å²) in [5.41, 5.74) is 3.10. The summed E-state index contributed by atoms with van der Waals surface area (Å²) in [7, 11) is 0. The van der Waals surface area contributed by atoms with Gasteiger partial charge in [0.15, 0.2) is 0 Å². The molecule has 5 nitrogen and oxygen atoms in total. The lowest BCUT2D eigenvalue weighted by Gasteiger charge is -2.50. The third-order valence-corrected chi connectivity index (χ3v) is 9.93. The first-order valence-corrected chi connectivity index (χ1v) is 13.2. The number of nitrogens with zero attached hydrogens (tertiary/aromatic N) is 1. The van der Waals surface area contributed by atoms with Gasteiger partial charge in [-0.1, -0.05) is 41.7 Å². The summed E-state index contributed by atoms with van der Waals surface area (Å²) in [4.78, 5) is 30.0. The van der Waals surface area contributed by atoms with Crippen LogP contribution >= 0.6 is 35.3 Å². The normalized spacial score (nSPS) is 23.3. The first-order chi connectivity index (χ1) is 15.3. The van der Waals surface area contributed by atoms with Gasteiger partial charge in [0.1, 0.15) is 8.98 Å². The molecule has 0 amide bonds. The molecule has 0 aromatic heterocycles. The Balaban J connectivity index is 1.90. The van der Waals surface area contributed by atoms with E-state index >= 15 is 0 Å². The molecule has 3 aliphatic heterocycles. The Morgan fingerprint density at radius 3 is 2.31 bits per heavy atom. The van der Waals surface area contributed by atoms with Crippen molar-refractivity contribution < 1.29 is 19.1 Å². The Hall–Kier alpha value is -1.77. The molecule has 3 heterocycles. The van der Waals surface area contributed by atoms with Crippen LogP contribution in [-0.4, -0.2) is 41.3 Å². The summed E-state index contributed by atoms with van der Waals surface area (Å²) in [6, 6.07) is 8.39. The molecule has 1 aromatic rings. The van der Waals surface area contributed by atoms with Crippen molar-refractivity contribution in [3.05, 3.63) is 56.0 Å². The van der Waals surface area contributed by atoms with Gasteiger partial charge in [-0.2, -0.15) is 0 Å². The Morgan fingerprint density at radius 1 is 1.00 bits per heavy atom. The quantitative estimate of drug-likeness (QED) is 0.482. The number of ether oxygens (including phenoxy) is 2. The lowest BCUT2D eigenvalue weighted by Crippen LogP contribution is -2.50. The second kappa shape index (κ2) is 8.88. The van der Waals surface area contributed by atoms with E-state index in [1.807, 2.05) is 24.5 Å². The third-order valence-electron chi connectivity index (χ3n) is 5.68. The zero-order valence-electron chi connectivity index (χ0n) is 18.9. The minimum Gasteiger partial charge on any atom is -0.462 e. The fourth-order valence-electron chi connectivity index (χ4n) is 4.36. The van der Waals surface area contributed by atoms with E-state index in [1.54, 1.807) is 18.7 Å². The first-order valence-electron chi connectivity index (χ1n) is 10.7. The van der Waals surface area contributed by atoms with Gasteiger partial charge < -0.3 is 14.4 Å². The standard InChI is InChI=1S/C24H27NO4S3/c1-6-25-16-12-10-9-11-15(16)19-20(23(25,4)5)31-17(21(26)28-7-2)13-24(19)30-14-18(32-24)22(27)29-8-3/h9-14H,6-8H2,1-5H3/t24-/m0/s1. The molecule has 8 heteroatoms. The fourth-order valence-corrected chi connectivity index (χ4v) is 8.77. The molecule has 1 aromatic carbocycles. The van der Waals surface area contributed by atoms with Crippen LogP contribution in [0.5, 0.6) is 0 Å². The summed E-state index contributed by atoms with van der Waals surface area (Å²) in [6.45, 7) is 11.6. The van der Waals surface area contributed by atoms with E-state index in [-0.39, 0.29) is 17.5 Å². The van der Waals surface area contributed by atoms with Gasteiger partial charge in [0.2, 0.25) is 0 Å². The summed E-state index contributed by atoms with van der Waals surface area (Å²) in [5, 5.41) is 1.87. The van der Waals surface area contributed by atoms with Crippen LogP contribution in [0.15, 0.2) is 50.5 Å². The largest absolute Gasteiger partial charge is 0.462 e. The third kappa shape index (κ3) is 3.70. The molecule has 0 unspecified atom stereocenters. The Kier molecular flexibility index (Phi) is 6.49. The van der Waals surface area contributed by atoms with E-state index in [9.17, 15) is 9.59 Å². The molecule has 0 N–H and O–H groups in total. The van der Waals surface area contributed by atoms with Crippen molar-refractivity contribution >= 4 is 58.5 Å². The number of thioether (sulfide) groups is 3. The molecule has 170 valence electrons. The van der Waals surface area contributed by atoms with Crippen molar-refractivity contribution in [1.82, 2.24) is 0 Å². The molecular formula is C24H27NO4S3. The predicted molar refractivity (Wildman–Crippen MR) is 135 cm³/mol. The smallest absolute Gasteiger partial charge is 0.345 e. The summed E-state index contributed by atoms with van der Waals surface area (Å²) >= 11 is 4.50. The van der Waals surface area contributed by atoms with Crippen LogP contribution in [0.25, 0.3) is 5.57 Å². The van der Waals surface area contributed by atoms with Gasteiger partial charge in [-0.15, -0.1) is 11.8 Å². The zero-order chi connectivity index (χ0) is 23.1. The van der Waals surface area contributed by atoms with Crippen LogP contribution in [0.3, 0.4) is 0 Å². The molecule has 0 saturated heterocycles. The number of hydrogen-bond donors (Lipinski definition) is 0. The Bertz CT molecular complexity index is 1060. The predicted octanol–water partition coefficient (Wildman–Crippen LogP) is 5.79. The Morgan fingerprint density at radius 2 is 1.66 bits per heavy atom. The maximum Gasteiger partial charge on any atom is 0.345 e. The minimum absolute atomic E-state index is 0.315. The van der Waals surface area contributed by atoms with Crippen LogP contribution in [0.2, 0.25) is 0 Å². The van der Waals surface area contributed by atoms with E-state index in [1.165, 1.54) is 23.5 Å². The number of para-hydroxylation sites is 1. The number of fused-ring (bicyclic) bond motifs is 3. The van der Waals surface area contributed by atoms with E-state index in [2.05, 4.69) is 43.9 Å². The van der Waals surface area contributed by atoms with Gasteiger partial charge in [0, 0.05) is 28.3 Å². The molecule has 0 saturated carbocycles. The van der Waals surface area contributed by atoms with E-state index in [0.717, 1.165) is 28.3 Å². The maximum atomic E-state index is 12.9. The molecule has 0 aliphatic carbocycles. The lowest BCUT2D eigenvalue weighted by molar-refractivity contribution is -0.138. The molecule has 1 spiro atoms. The topological polar surface area (TPSA) is 55.8 Å². The number of carbonyl (C=O) groups excluding carboxylic acids is 2. The second-order valence-electron chi connectivity index (χ2n) is 7.95. The number of rotatable bonds is 5. The van der Waals surface area contributed by atoms with E-state index < -0.39 is 4.08 Å². The SMILES string of the molecule is CCOC(=O)C1=C[C@@]2(SC=C(C(=O)OCC)S2)C2=C(S1)C(C)(C)N(CC)c1ccccc12. The monoisotopic (exact) mass is 489 g/mol. The minimum atomic E-state index is -0.641. The Labute approximate surface area is 202 Å². The van der Waals surface area contributed by atoms with E-state index in [0.29, 0.717) is 23.0 Å². The number of hydrogen-bond acceptors (Lipinski definition) is 8. The average Bonchev–Trinajstić information content (AvgIpc) is 3.18. The van der Waals surface area contributed by atoms with E-state index in [4.69, 9.17) is 9.47 Å². The highest BCUT2D eigenvalue weighted by atomic mass is 32.2. The average molecular weight is 490 g/mol. The number of carbonyl (C=O) groups is 2. The van der Waals surface area contributed by atoms with Gasteiger partial charge in [-0.05, 0) is 52.2 Å². The number of anilines is 1. The highest BCUT2D eigenvalue weighted by molar-refractivity contribution is 8.25. The molecule has 1 atom stereocenters. The van der Waals surface area contributed by atoms with Crippen LogP contribution in [0.4, 0.5) is 5.69 Å². The van der Waals surface area contributed by atoms with Gasteiger partial charge >= 0.3 is 11.9 Å². The van der Waals surface area contributed by atoms with Crippen LogP contribution < -0.4 is 4.90 Å². The summed E-state index contributed by atoms with van der Waals surface area (Å²) < 4.78 is 10.0. The van der Waals surface area contributed by atoms with Crippen molar-refractivity contribution in [3.63, 3.8) is 0 Å². The molecule has 0 fully saturated rings. The van der Waals surface area contributed by atoms with Crippen molar-refractivity contribution in [2.24, 2.45) is 0 Å². The van der Waals surface area contributed by atoms with Gasteiger partial charge in [-0.3, -0.25) is 0 Å². The van der Waals surface area contributed by atoms with Gasteiger partial charge in [0.05, 0.1) is 23.7 Å². The summed E-state index contributed by atoms with van der Waals surface area (Å²) in [5.74, 6) is -0.654. The molecule has 4 rings (SSSR count). The first kappa shape index (κ1) is 23.4. The molecular weight excluding hydrogens is 462 g/mol. The van der Waals surface area contributed by atoms with Crippen molar-refractivity contribution in [3.8, 4) is 0 Å².